The average molecular weight is 530 g/mol. The number of hydrogen-bond acceptors (Lipinski definition) is 8. The van der Waals surface area contributed by atoms with Gasteiger partial charge in [0, 0.05) is 32.6 Å². The molecule has 1 aromatic carbocycles. The Kier molecular flexibility index (Phi) is 8.08. The average Bonchev–Trinajstić information content (AvgIpc) is 3.45. The maximum absolute atomic E-state index is 13.3. The monoisotopic (exact) mass is 529 g/mol. The zero-order valence-electron chi connectivity index (χ0n) is 22.1. The van der Waals surface area contributed by atoms with Gasteiger partial charge in [-0.1, -0.05) is 24.3 Å². The molecular formula is C27H35N3O8. The van der Waals surface area contributed by atoms with Crippen molar-refractivity contribution >= 4 is 23.9 Å². The molecule has 2 bridgehead atoms. The number of ether oxygens (including phenoxy) is 3. The lowest BCUT2D eigenvalue weighted by molar-refractivity contribution is -0.148. The summed E-state index contributed by atoms with van der Waals surface area (Å²) in [4.78, 5) is 54.1. The highest BCUT2D eigenvalue weighted by molar-refractivity contribution is 5.89. The first-order chi connectivity index (χ1) is 17.9. The molecule has 3 aliphatic rings. The van der Waals surface area contributed by atoms with Crippen molar-refractivity contribution in [3.63, 3.8) is 0 Å². The lowest BCUT2D eigenvalue weighted by Gasteiger charge is -2.35. The van der Waals surface area contributed by atoms with Crippen molar-refractivity contribution in [3.8, 4) is 5.75 Å². The second-order valence-electron chi connectivity index (χ2n) is 10.9. The number of aliphatic carboxylic acids is 1. The molecule has 5 atom stereocenters. The van der Waals surface area contributed by atoms with Gasteiger partial charge in [-0.2, -0.15) is 0 Å². The molecule has 0 aliphatic carbocycles. The van der Waals surface area contributed by atoms with E-state index in [2.05, 4.69) is 10.2 Å². The van der Waals surface area contributed by atoms with Crippen molar-refractivity contribution in [1.82, 2.24) is 15.1 Å². The van der Waals surface area contributed by atoms with Gasteiger partial charge in [-0.25, -0.2) is 9.59 Å². The third kappa shape index (κ3) is 6.51. The van der Waals surface area contributed by atoms with Gasteiger partial charge in [0.2, 0.25) is 5.91 Å². The fraction of sp³-hybridized carbons (Fsp3) is 0.556. The standard InChI is InChI=1S/C27H35N3O8/c1-27(2,3)38-26(35)28-18(24(32)33)15-16-5-7-17(8-6-16)36-25(34)22-20-10-9-19(37-20)21(22)23(31)30-13-11-29(4)12-14-30/h5-10,18-22H,11-15H2,1-4H3,(H,28,35)(H,32,33). The van der Waals surface area contributed by atoms with Crippen molar-refractivity contribution in [3.05, 3.63) is 42.0 Å². The van der Waals surface area contributed by atoms with Gasteiger partial charge in [-0.15, -0.1) is 0 Å². The zero-order chi connectivity index (χ0) is 27.6. The van der Waals surface area contributed by atoms with Crippen LogP contribution in [0, 0.1) is 11.8 Å². The Morgan fingerprint density at radius 2 is 1.63 bits per heavy atom. The van der Waals surface area contributed by atoms with E-state index in [0.717, 1.165) is 13.1 Å². The van der Waals surface area contributed by atoms with Gasteiger partial charge < -0.3 is 34.4 Å². The first-order valence-electron chi connectivity index (χ1n) is 12.8. The quantitative estimate of drug-likeness (QED) is 0.306. The molecule has 0 radical (unpaired) electrons. The number of nitrogens with one attached hydrogen (secondary N) is 1. The highest BCUT2D eigenvalue weighted by Gasteiger charge is 2.54. The number of carbonyl (C=O) groups excluding carboxylic acids is 3. The molecular weight excluding hydrogens is 494 g/mol. The molecule has 1 aromatic rings. The lowest BCUT2D eigenvalue weighted by atomic mass is 9.82. The van der Waals surface area contributed by atoms with Crippen LogP contribution in [-0.2, 0) is 30.3 Å². The summed E-state index contributed by atoms with van der Waals surface area (Å²) in [5, 5.41) is 11.9. The van der Waals surface area contributed by atoms with Gasteiger partial charge >= 0.3 is 18.0 Å². The molecule has 2 amide bonds. The van der Waals surface area contributed by atoms with E-state index >= 15 is 0 Å². The first-order valence-corrected chi connectivity index (χ1v) is 12.8. The summed E-state index contributed by atoms with van der Waals surface area (Å²) in [6.07, 6.45) is 1.87. The Hall–Kier alpha value is -3.44. The molecule has 0 saturated carbocycles. The van der Waals surface area contributed by atoms with Crippen molar-refractivity contribution < 1.29 is 38.5 Å². The van der Waals surface area contributed by atoms with Crippen LogP contribution < -0.4 is 10.1 Å². The van der Waals surface area contributed by atoms with Crippen LogP contribution in [0.4, 0.5) is 4.79 Å². The van der Waals surface area contributed by atoms with E-state index < -0.39 is 53.7 Å². The molecule has 0 aromatic heterocycles. The minimum absolute atomic E-state index is 0.00934. The third-order valence-electron chi connectivity index (χ3n) is 6.84. The largest absolute Gasteiger partial charge is 0.480 e. The second kappa shape index (κ2) is 11.1. The Morgan fingerprint density at radius 3 is 2.21 bits per heavy atom. The van der Waals surface area contributed by atoms with Crippen LogP contribution in [0.5, 0.6) is 5.75 Å². The van der Waals surface area contributed by atoms with E-state index in [1.807, 2.05) is 13.1 Å². The molecule has 11 nitrogen and oxygen atoms in total. The van der Waals surface area contributed by atoms with E-state index in [-0.39, 0.29) is 18.1 Å². The molecule has 11 heteroatoms. The first kappa shape index (κ1) is 27.6. The molecule has 4 rings (SSSR count). The highest BCUT2D eigenvalue weighted by atomic mass is 16.6. The predicted octanol–water partition coefficient (Wildman–Crippen LogP) is 1.46. The van der Waals surface area contributed by atoms with E-state index in [0.29, 0.717) is 18.7 Å². The van der Waals surface area contributed by atoms with Gasteiger partial charge in [0.15, 0.2) is 0 Å². The Balaban J connectivity index is 1.38. The number of carboxylic acids is 1. The second-order valence-corrected chi connectivity index (χ2v) is 10.9. The maximum atomic E-state index is 13.3. The van der Waals surface area contributed by atoms with Crippen LogP contribution in [0.1, 0.15) is 26.3 Å². The number of hydrogen-bond donors (Lipinski definition) is 2. The number of benzene rings is 1. The van der Waals surface area contributed by atoms with Gasteiger partial charge in [0.05, 0.1) is 18.1 Å². The number of fused-ring (bicyclic) bond motifs is 2. The zero-order valence-corrected chi connectivity index (χ0v) is 22.1. The van der Waals surface area contributed by atoms with Crippen molar-refractivity contribution in [2.24, 2.45) is 11.8 Å². The van der Waals surface area contributed by atoms with Gasteiger partial charge in [-0.3, -0.25) is 9.59 Å². The number of carboxylic acid groups (broad SMARTS) is 1. The minimum atomic E-state index is -1.20. The van der Waals surface area contributed by atoms with Gasteiger partial charge in [-0.05, 0) is 45.5 Å². The van der Waals surface area contributed by atoms with Crippen molar-refractivity contribution in [2.45, 2.75) is 51.0 Å². The fourth-order valence-corrected chi connectivity index (χ4v) is 4.88. The molecule has 2 saturated heterocycles. The van der Waals surface area contributed by atoms with E-state index in [4.69, 9.17) is 14.2 Å². The summed E-state index contributed by atoms with van der Waals surface area (Å²) >= 11 is 0. The van der Waals surface area contributed by atoms with Crippen molar-refractivity contribution in [1.29, 1.82) is 0 Å². The molecule has 2 fully saturated rings. The Morgan fingerprint density at radius 1 is 1.03 bits per heavy atom. The minimum Gasteiger partial charge on any atom is -0.480 e. The van der Waals surface area contributed by atoms with E-state index in [1.54, 1.807) is 56.0 Å². The van der Waals surface area contributed by atoms with Crippen molar-refractivity contribution in [2.75, 3.05) is 33.2 Å². The number of alkyl carbamates (subject to hydrolysis) is 1. The number of likely N-dealkylation sites (N-methyl/N-ethyl adjacent to an activating group) is 1. The number of piperazine rings is 1. The number of esters is 1. The van der Waals surface area contributed by atoms with E-state index in [1.165, 1.54) is 0 Å². The SMILES string of the molecule is CN1CCN(C(=O)C2C3C=CC(O3)C2C(=O)Oc2ccc(CC(NC(=O)OC(C)(C)C)C(=O)O)cc2)CC1. The summed E-state index contributed by atoms with van der Waals surface area (Å²) in [5.74, 6) is -2.95. The summed E-state index contributed by atoms with van der Waals surface area (Å²) in [7, 11) is 2.01. The number of nitrogens with zero attached hydrogens (tertiary/aromatic N) is 2. The number of amides is 2. The maximum Gasteiger partial charge on any atom is 0.408 e. The van der Waals surface area contributed by atoms with Crippen LogP contribution >= 0.6 is 0 Å². The summed E-state index contributed by atoms with van der Waals surface area (Å²) in [6.45, 7) is 7.83. The molecule has 3 heterocycles. The summed E-state index contributed by atoms with van der Waals surface area (Å²) in [6, 6.07) is 5.16. The van der Waals surface area contributed by atoms with Crippen LogP contribution in [0.2, 0.25) is 0 Å². The number of rotatable bonds is 7. The van der Waals surface area contributed by atoms with Crippen LogP contribution in [0.25, 0.3) is 0 Å². The molecule has 38 heavy (non-hydrogen) atoms. The smallest absolute Gasteiger partial charge is 0.408 e. The lowest BCUT2D eigenvalue weighted by Crippen LogP contribution is -2.52. The summed E-state index contributed by atoms with van der Waals surface area (Å²) < 4.78 is 16.6. The van der Waals surface area contributed by atoms with Crippen LogP contribution in [-0.4, -0.2) is 95.9 Å². The highest BCUT2D eigenvalue weighted by Crippen LogP contribution is 2.41. The molecule has 5 unspecified atom stereocenters. The molecule has 3 aliphatic heterocycles. The Labute approximate surface area is 221 Å². The van der Waals surface area contributed by atoms with E-state index in [9.17, 15) is 24.3 Å². The molecule has 2 N–H and O–H groups in total. The molecule has 0 spiro atoms. The normalized spacial score (nSPS) is 25.6. The molecule has 206 valence electrons. The summed E-state index contributed by atoms with van der Waals surface area (Å²) in [5.41, 5.74) is -0.144. The number of carbonyl (C=O) groups is 4. The van der Waals surface area contributed by atoms with Gasteiger partial charge in [0.1, 0.15) is 23.3 Å². The third-order valence-corrected chi connectivity index (χ3v) is 6.84. The van der Waals surface area contributed by atoms with Gasteiger partial charge in [0.25, 0.3) is 0 Å². The van der Waals surface area contributed by atoms with Crippen LogP contribution in [0.3, 0.4) is 0 Å². The predicted molar refractivity (Wildman–Crippen MR) is 135 cm³/mol. The van der Waals surface area contributed by atoms with Crippen LogP contribution in [0.15, 0.2) is 36.4 Å². The fourth-order valence-electron chi connectivity index (χ4n) is 4.88. The Bertz CT molecular complexity index is 1090. The topological polar surface area (TPSA) is 135 Å².